The van der Waals surface area contributed by atoms with E-state index in [4.69, 9.17) is 9.47 Å². The van der Waals surface area contributed by atoms with Crippen LogP contribution in [0.2, 0.25) is 0 Å². The highest BCUT2D eigenvalue weighted by Gasteiger charge is 2.26. The van der Waals surface area contributed by atoms with Crippen molar-refractivity contribution < 1.29 is 28.2 Å². The number of aromatic nitrogens is 4. The lowest BCUT2D eigenvalue weighted by atomic mass is 10.2. The molecule has 3 aromatic rings. The number of imidazole rings is 1. The van der Waals surface area contributed by atoms with E-state index in [0.29, 0.717) is 62.9 Å². The van der Waals surface area contributed by atoms with E-state index in [-0.39, 0.29) is 24.2 Å². The zero-order chi connectivity index (χ0) is 28.9. The van der Waals surface area contributed by atoms with Crippen LogP contribution in [0.4, 0.5) is 20.5 Å². The summed E-state index contributed by atoms with van der Waals surface area (Å²) in [7, 11) is 1.63. The fraction of sp³-hybridized carbons (Fsp3) is 0.556. The first-order valence-corrected chi connectivity index (χ1v) is 13.8. The zero-order valence-corrected chi connectivity index (χ0v) is 23.2. The number of benzene rings is 1. The zero-order valence-electron chi connectivity index (χ0n) is 23.2. The molecular formula is C27H36F2N8O4. The highest BCUT2D eigenvalue weighted by atomic mass is 19.3. The van der Waals surface area contributed by atoms with Crippen molar-refractivity contribution in [1.29, 1.82) is 0 Å². The third-order valence-corrected chi connectivity index (χ3v) is 7.19. The van der Waals surface area contributed by atoms with Gasteiger partial charge in [0.1, 0.15) is 17.7 Å². The Morgan fingerprint density at radius 1 is 1.05 bits per heavy atom. The number of carbonyl (C=O) groups is 1. The van der Waals surface area contributed by atoms with E-state index >= 15 is 0 Å². The number of hydrogen-bond acceptors (Lipinski definition) is 10. The summed E-state index contributed by atoms with van der Waals surface area (Å²) < 4.78 is 40.4. The Balaban J connectivity index is 1.38. The van der Waals surface area contributed by atoms with E-state index in [2.05, 4.69) is 25.2 Å². The summed E-state index contributed by atoms with van der Waals surface area (Å²) in [5, 5.41) is 13.6. The fourth-order valence-corrected chi connectivity index (χ4v) is 5.12. The van der Waals surface area contributed by atoms with Crippen LogP contribution in [0.5, 0.6) is 0 Å². The number of nitrogens with one attached hydrogen (secondary N) is 1. The molecule has 1 amide bonds. The summed E-state index contributed by atoms with van der Waals surface area (Å²) in [5.74, 6) is 0.149. The van der Waals surface area contributed by atoms with Crippen molar-refractivity contribution in [2.45, 2.75) is 25.5 Å². The Morgan fingerprint density at radius 2 is 1.71 bits per heavy atom. The molecule has 2 aliphatic rings. The molecule has 2 saturated heterocycles. The van der Waals surface area contributed by atoms with Gasteiger partial charge in [-0.2, -0.15) is 9.97 Å². The number of hydrogen-bond donors (Lipinski definition) is 2. The SMILES string of the molecule is C[C@H](Nc1nc(N2CCOCC2)cc(-n2c(C(F)F)nc3ccccc32)n1)C(=O)N(C)CC(O)CN1CCOCC1. The molecule has 4 heterocycles. The summed E-state index contributed by atoms with van der Waals surface area (Å²) in [6.07, 6.45) is -3.55. The number of β-amino-alcohol motifs (C(OH)–C–C–N with tert-alkyl or cyclic N) is 1. The third kappa shape index (κ3) is 6.89. The largest absolute Gasteiger partial charge is 0.390 e. The third-order valence-electron chi connectivity index (χ3n) is 7.19. The molecule has 2 aromatic heterocycles. The summed E-state index contributed by atoms with van der Waals surface area (Å²) in [6, 6.07) is 7.77. The van der Waals surface area contributed by atoms with Crippen LogP contribution in [-0.4, -0.2) is 125 Å². The van der Waals surface area contributed by atoms with Crippen LogP contribution in [0.15, 0.2) is 30.3 Å². The molecule has 0 bridgehead atoms. The van der Waals surface area contributed by atoms with Crippen molar-refractivity contribution in [3.05, 3.63) is 36.2 Å². The number of ether oxygens (including phenoxy) is 2. The Kier molecular flexibility index (Phi) is 9.22. The minimum absolute atomic E-state index is 0.116. The number of carbonyl (C=O) groups excluding carboxylic acids is 1. The van der Waals surface area contributed by atoms with Gasteiger partial charge < -0.3 is 29.7 Å². The van der Waals surface area contributed by atoms with Gasteiger partial charge in [0.05, 0.1) is 43.6 Å². The van der Waals surface area contributed by atoms with Gasteiger partial charge in [-0.1, -0.05) is 12.1 Å². The van der Waals surface area contributed by atoms with Crippen molar-refractivity contribution in [3.63, 3.8) is 0 Å². The van der Waals surface area contributed by atoms with Crippen molar-refractivity contribution in [3.8, 4) is 5.82 Å². The Bertz CT molecular complexity index is 1330. The van der Waals surface area contributed by atoms with Crippen LogP contribution >= 0.6 is 0 Å². The fourth-order valence-electron chi connectivity index (χ4n) is 5.12. The minimum Gasteiger partial charge on any atom is -0.390 e. The minimum atomic E-state index is -2.83. The van der Waals surface area contributed by atoms with Crippen LogP contribution in [0.1, 0.15) is 19.2 Å². The standard InChI is InChI=1S/C27H36F2N8O4/c1-18(26(39)34(2)16-19(38)17-35-7-11-40-12-8-35)30-27-32-22(36-9-13-41-14-10-36)15-23(33-27)37-21-6-4-3-5-20(21)31-25(37)24(28)29/h3-6,15,18-19,24,38H,7-14,16-17H2,1-2H3,(H,30,32,33)/t18-,19?/m0/s1. The first-order valence-electron chi connectivity index (χ1n) is 13.8. The van der Waals surface area contributed by atoms with Crippen molar-refractivity contribution in [1.82, 2.24) is 29.3 Å². The van der Waals surface area contributed by atoms with Crippen LogP contribution in [0.25, 0.3) is 16.9 Å². The average Bonchev–Trinajstić information content (AvgIpc) is 3.38. The van der Waals surface area contributed by atoms with Crippen LogP contribution in [-0.2, 0) is 14.3 Å². The molecule has 2 aliphatic heterocycles. The number of alkyl halides is 2. The van der Waals surface area contributed by atoms with Crippen LogP contribution < -0.4 is 10.2 Å². The topological polar surface area (TPSA) is 121 Å². The normalized spacial score (nSPS) is 18.0. The number of nitrogens with zero attached hydrogens (tertiary/aromatic N) is 7. The predicted octanol–water partition coefficient (Wildman–Crippen LogP) is 1.54. The molecular weight excluding hydrogens is 538 g/mol. The number of amides is 1. The van der Waals surface area contributed by atoms with Gasteiger partial charge in [-0.25, -0.2) is 13.8 Å². The molecule has 222 valence electrons. The predicted molar refractivity (Wildman–Crippen MR) is 149 cm³/mol. The Hall–Kier alpha value is -3.46. The lowest BCUT2D eigenvalue weighted by molar-refractivity contribution is -0.131. The maximum Gasteiger partial charge on any atom is 0.296 e. The molecule has 0 saturated carbocycles. The Labute approximate surface area is 236 Å². The van der Waals surface area contributed by atoms with E-state index in [9.17, 15) is 18.7 Å². The smallest absolute Gasteiger partial charge is 0.296 e. The van der Waals surface area contributed by atoms with E-state index in [1.165, 1.54) is 9.47 Å². The molecule has 2 N–H and O–H groups in total. The number of likely N-dealkylation sites (N-methyl/N-ethyl adjacent to an activating group) is 1. The summed E-state index contributed by atoms with van der Waals surface area (Å²) >= 11 is 0. The van der Waals surface area contributed by atoms with E-state index in [1.807, 2.05) is 4.90 Å². The Morgan fingerprint density at radius 3 is 2.41 bits per heavy atom. The van der Waals surface area contributed by atoms with Gasteiger partial charge in [-0.15, -0.1) is 0 Å². The van der Waals surface area contributed by atoms with Gasteiger partial charge in [0.15, 0.2) is 5.82 Å². The second-order valence-corrected chi connectivity index (χ2v) is 10.3. The quantitative estimate of drug-likeness (QED) is 0.369. The molecule has 2 atom stereocenters. The number of aliphatic hydroxyl groups is 1. The lowest BCUT2D eigenvalue weighted by Crippen LogP contribution is -2.47. The number of fused-ring (bicyclic) bond motifs is 1. The summed E-state index contributed by atoms with van der Waals surface area (Å²) in [5.41, 5.74) is 0.906. The number of morpholine rings is 2. The van der Waals surface area contributed by atoms with Gasteiger partial charge in [0.2, 0.25) is 11.9 Å². The van der Waals surface area contributed by atoms with E-state index in [1.54, 1.807) is 44.3 Å². The highest BCUT2D eigenvalue weighted by molar-refractivity contribution is 5.84. The average molecular weight is 575 g/mol. The molecule has 12 nitrogen and oxygen atoms in total. The molecule has 0 spiro atoms. The van der Waals surface area contributed by atoms with E-state index < -0.39 is 24.4 Å². The number of para-hydroxylation sites is 2. The summed E-state index contributed by atoms with van der Waals surface area (Å²) in [6.45, 7) is 7.16. The van der Waals surface area contributed by atoms with Crippen LogP contribution in [0, 0.1) is 0 Å². The monoisotopic (exact) mass is 574 g/mol. The first kappa shape index (κ1) is 29.0. The van der Waals surface area contributed by atoms with Gasteiger partial charge >= 0.3 is 0 Å². The molecule has 0 aliphatic carbocycles. The van der Waals surface area contributed by atoms with Gasteiger partial charge in [0, 0.05) is 52.4 Å². The molecule has 1 unspecified atom stereocenters. The molecule has 41 heavy (non-hydrogen) atoms. The summed E-state index contributed by atoms with van der Waals surface area (Å²) in [4.78, 5) is 32.1. The second-order valence-electron chi connectivity index (χ2n) is 10.3. The molecule has 14 heteroatoms. The first-order chi connectivity index (χ1) is 19.8. The highest BCUT2D eigenvalue weighted by Crippen LogP contribution is 2.29. The van der Waals surface area contributed by atoms with Crippen molar-refractivity contribution in [2.24, 2.45) is 0 Å². The van der Waals surface area contributed by atoms with E-state index in [0.717, 1.165) is 13.1 Å². The molecule has 2 fully saturated rings. The van der Waals surface area contributed by atoms with Gasteiger partial charge in [-0.05, 0) is 19.1 Å². The number of anilines is 2. The van der Waals surface area contributed by atoms with Gasteiger partial charge in [-0.3, -0.25) is 14.3 Å². The van der Waals surface area contributed by atoms with Crippen molar-refractivity contribution in [2.75, 3.05) is 83.0 Å². The second kappa shape index (κ2) is 13.0. The van der Waals surface area contributed by atoms with Crippen molar-refractivity contribution >= 4 is 28.7 Å². The molecule has 5 rings (SSSR count). The number of halogens is 2. The number of rotatable bonds is 10. The molecule has 0 radical (unpaired) electrons. The number of aliphatic hydroxyl groups excluding tert-OH is 1. The van der Waals surface area contributed by atoms with Gasteiger partial charge in [0.25, 0.3) is 6.43 Å². The van der Waals surface area contributed by atoms with Crippen LogP contribution in [0.3, 0.4) is 0 Å². The maximum absolute atomic E-state index is 14.1. The lowest BCUT2D eigenvalue weighted by Gasteiger charge is -2.31. The maximum atomic E-state index is 14.1. The molecule has 1 aromatic carbocycles.